The molecular weight excluding hydrogens is 490 g/mol. The Morgan fingerprint density at radius 2 is 1.30 bits per heavy atom. The van der Waals surface area contributed by atoms with Gasteiger partial charge in [-0.2, -0.15) is 0 Å². The molecule has 2 N–H and O–H groups in total. The highest BCUT2D eigenvalue weighted by Crippen LogP contribution is 2.36. The number of nitrogens with zero attached hydrogens (tertiary/aromatic N) is 3. The second-order valence-corrected chi connectivity index (χ2v) is 9.91. The molecule has 5 aromatic rings. The van der Waals surface area contributed by atoms with Crippen molar-refractivity contribution in [1.82, 2.24) is 24.8 Å². The molecule has 40 heavy (non-hydrogen) atoms. The van der Waals surface area contributed by atoms with Gasteiger partial charge in [-0.15, -0.1) is 0 Å². The molecule has 0 fully saturated rings. The molecule has 2 atom stereocenters. The van der Waals surface area contributed by atoms with Crippen LogP contribution in [0.5, 0.6) is 0 Å². The van der Waals surface area contributed by atoms with Gasteiger partial charge in [0, 0.05) is 11.5 Å². The van der Waals surface area contributed by atoms with Crippen LogP contribution in [0.15, 0.2) is 60.8 Å². The highest BCUT2D eigenvalue weighted by Gasteiger charge is 2.17. The molecule has 3 aromatic carbocycles. The Balaban J connectivity index is 0.000000876. The van der Waals surface area contributed by atoms with Crippen molar-refractivity contribution in [3.05, 3.63) is 72.4 Å². The van der Waals surface area contributed by atoms with Crippen molar-refractivity contribution in [2.45, 2.75) is 81.2 Å². The number of rotatable bonds is 6. The smallest absolute Gasteiger partial charge is 0.124 e. The summed E-state index contributed by atoms with van der Waals surface area (Å²) in [5.41, 5.74) is 6.71. The normalized spacial score (nSPS) is 12.2. The fraction of sp³-hybridized carbons (Fsp3) is 0.429. The summed E-state index contributed by atoms with van der Waals surface area (Å²) in [7, 11) is 4.15. The molecule has 0 saturated heterocycles. The maximum atomic E-state index is 4.81. The zero-order chi connectivity index (χ0) is 30.0. The number of aromatic amines is 2. The highest BCUT2D eigenvalue weighted by atomic mass is 15.1. The van der Waals surface area contributed by atoms with Gasteiger partial charge in [0.2, 0.25) is 0 Å². The van der Waals surface area contributed by atoms with E-state index in [9.17, 15) is 0 Å². The van der Waals surface area contributed by atoms with Gasteiger partial charge in [0.1, 0.15) is 11.6 Å². The summed E-state index contributed by atoms with van der Waals surface area (Å²) in [6, 6.07) is 19.8. The van der Waals surface area contributed by atoms with Crippen LogP contribution in [0.4, 0.5) is 0 Å². The van der Waals surface area contributed by atoms with Crippen LogP contribution < -0.4 is 0 Å². The van der Waals surface area contributed by atoms with E-state index < -0.39 is 0 Å². The predicted octanol–water partition coefficient (Wildman–Crippen LogP) is 10.2. The largest absolute Gasteiger partial charge is 0.342 e. The first-order chi connectivity index (χ1) is 19.3. The van der Waals surface area contributed by atoms with E-state index in [1.54, 1.807) is 0 Å². The quantitative estimate of drug-likeness (QED) is 0.225. The molecule has 0 bridgehead atoms. The zero-order valence-electron chi connectivity index (χ0n) is 26.8. The van der Waals surface area contributed by atoms with E-state index in [0.29, 0.717) is 11.8 Å². The Morgan fingerprint density at radius 3 is 1.90 bits per heavy atom. The fourth-order valence-corrected chi connectivity index (χ4v) is 4.46. The van der Waals surface area contributed by atoms with Crippen LogP contribution in [-0.4, -0.2) is 38.9 Å². The molecular formula is C35H51N5. The Hall–Kier alpha value is -3.44. The summed E-state index contributed by atoms with van der Waals surface area (Å²) in [6.45, 7) is 20.9. The number of aromatic nitrogens is 4. The van der Waals surface area contributed by atoms with E-state index in [-0.39, 0.29) is 6.04 Å². The van der Waals surface area contributed by atoms with E-state index in [1.807, 2.05) is 47.7 Å². The van der Waals surface area contributed by atoms with Crippen LogP contribution in [0, 0.1) is 5.92 Å². The van der Waals surface area contributed by atoms with Crippen molar-refractivity contribution in [2.24, 2.45) is 5.92 Å². The summed E-state index contributed by atoms with van der Waals surface area (Å²) >= 11 is 0. The first-order valence-electron chi connectivity index (χ1n) is 15.1. The van der Waals surface area contributed by atoms with Crippen LogP contribution in [-0.2, 0) is 0 Å². The van der Waals surface area contributed by atoms with Gasteiger partial charge < -0.3 is 9.97 Å². The van der Waals surface area contributed by atoms with Gasteiger partial charge in [0.05, 0.1) is 29.0 Å². The average molecular weight is 542 g/mol. The molecule has 0 aliphatic heterocycles. The number of imidazole rings is 2. The van der Waals surface area contributed by atoms with Crippen LogP contribution in [0.1, 0.15) is 92.8 Å². The molecule has 2 heterocycles. The highest BCUT2D eigenvalue weighted by molar-refractivity contribution is 6.04. The summed E-state index contributed by atoms with van der Waals surface area (Å²) in [6.07, 6.45) is 1.97. The maximum absolute atomic E-state index is 4.81. The van der Waals surface area contributed by atoms with Crippen molar-refractivity contribution in [2.75, 3.05) is 14.1 Å². The Labute approximate surface area is 242 Å². The van der Waals surface area contributed by atoms with Crippen LogP contribution in [0.3, 0.4) is 0 Å². The first kappa shape index (κ1) is 32.8. The van der Waals surface area contributed by atoms with Crippen LogP contribution >= 0.6 is 0 Å². The molecule has 5 nitrogen and oxygen atoms in total. The number of fused-ring (bicyclic) bond motifs is 2. The van der Waals surface area contributed by atoms with Gasteiger partial charge in [-0.1, -0.05) is 105 Å². The predicted molar refractivity (Wildman–Crippen MR) is 176 cm³/mol. The van der Waals surface area contributed by atoms with Crippen molar-refractivity contribution in [3.63, 3.8) is 0 Å². The van der Waals surface area contributed by atoms with Gasteiger partial charge >= 0.3 is 0 Å². The molecule has 0 aliphatic rings. The van der Waals surface area contributed by atoms with Crippen LogP contribution in [0.25, 0.3) is 44.2 Å². The Kier molecular flexibility index (Phi) is 12.6. The van der Waals surface area contributed by atoms with Gasteiger partial charge in [-0.3, -0.25) is 4.90 Å². The minimum Gasteiger partial charge on any atom is -0.342 e. The second-order valence-electron chi connectivity index (χ2n) is 9.91. The summed E-state index contributed by atoms with van der Waals surface area (Å²) in [4.78, 5) is 18.8. The number of nitrogens with one attached hydrogen (secondary N) is 2. The molecule has 216 valence electrons. The molecule has 0 amide bonds. The van der Waals surface area contributed by atoms with Gasteiger partial charge in [-0.05, 0) is 61.0 Å². The molecule has 0 radical (unpaired) electrons. The van der Waals surface area contributed by atoms with Crippen LogP contribution in [0.2, 0.25) is 0 Å². The second kappa shape index (κ2) is 15.4. The van der Waals surface area contributed by atoms with Gasteiger partial charge in [-0.25, -0.2) is 9.97 Å². The van der Waals surface area contributed by atoms with Crippen molar-refractivity contribution in [1.29, 1.82) is 0 Å². The van der Waals surface area contributed by atoms with Gasteiger partial charge in [0.25, 0.3) is 0 Å². The lowest BCUT2D eigenvalue weighted by Gasteiger charge is -2.16. The summed E-state index contributed by atoms with van der Waals surface area (Å²) < 4.78 is 0. The Bertz CT molecular complexity index is 1460. The molecule has 2 unspecified atom stereocenters. The third kappa shape index (κ3) is 7.00. The van der Waals surface area contributed by atoms with E-state index in [4.69, 9.17) is 9.97 Å². The summed E-state index contributed by atoms with van der Waals surface area (Å²) in [5, 5.41) is 2.45. The molecule has 5 rings (SSSR count). The van der Waals surface area contributed by atoms with E-state index in [2.05, 4.69) is 111 Å². The zero-order valence-corrected chi connectivity index (χ0v) is 26.8. The molecule has 2 aromatic heterocycles. The Morgan fingerprint density at radius 1 is 0.700 bits per heavy atom. The standard InChI is InChI=1S/C29H33N5.3C2H6/c1-17(2)18(3)28-30-16-27(33-28)24-12-8-10-22-21(9-7-11-23(22)24)20-13-14-25-26(15-20)32-29(31-25)19(4)34(5)6;3*1-2/h7-19H,1-6H3,(H,30,33)(H,31,32);3*1-2H3. The van der Waals surface area contributed by atoms with Crippen molar-refractivity contribution < 1.29 is 0 Å². The lowest BCUT2D eigenvalue weighted by molar-refractivity contribution is 0.310. The number of hydrogen-bond donors (Lipinski definition) is 2. The minimum absolute atomic E-state index is 0.230. The number of H-pyrrole nitrogens is 2. The molecule has 0 spiro atoms. The van der Waals surface area contributed by atoms with Gasteiger partial charge in [0.15, 0.2) is 0 Å². The monoisotopic (exact) mass is 541 g/mol. The third-order valence-corrected chi connectivity index (χ3v) is 7.22. The fourth-order valence-electron chi connectivity index (χ4n) is 4.46. The van der Waals surface area contributed by atoms with E-state index in [0.717, 1.165) is 28.4 Å². The lowest BCUT2D eigenvalue weighted by atomic mass is 9.94. The number of hydrogen-bond acceptors (Lipinski definition) is 3. The van der Waals surface area contributed by atoms with Crippen molar-refractivity contribution >= 4 is 21.8 Å². The van der Waals surface area contributed by atoms with Crippen molar-refractivity contribution in [3.8, 4) is 22.4 Å². The maximum Gasteiger partial charge on any atom is 0.124 e. The number of benzene rings is 3. The minimum atomic E-state index is 0.230. The van der Waals surface area contributed by atoms with E-state index >= 15 is 0 Å². The molecule has 5 heteroatoms. The molecule has 0 saturated carbocycles. The van der Waals surface area contributed by atoms with E-state index in [1.165, 1.54) is 27.5 Å². The first-order valence-corrected chi connectivity index (χ1v) is 15.1. The summed E-state index contributed by atoms with van der Waals surface area (Å²) in [5.74, 6) is 2.96. The molecule has 0 aliphatic carbocycles. The lowest BCUT2D eigenvalue weighted by Crippen LogP contribution is -2.17. The average Bonchev–Trinajstić information content (AvgIpc) is 3.66. The topological polar surface area (TPSA) is 60.6 Å². The third-order valence-electron chi connectivity index (χ3n) is 7.22. The SMILES string of the molecule is CC.CC.CC.CC(C)C(C)c1ncc(-c2cccc3c(-c4ccc5nc(C(C)N(C)C)[nH]c5c4)cccc23)[nH]1.